The molecule has 0 aliphatic carbocycles. The lowest BCUT2D eigenvalue weighted by Crippen LogP contribution is -2.29. The summed E-state index contributed by atoms with van der Waals surface area (Å²) >= 11 is 1.22. The van der Waals surface area contributed by atoms with Crippen LogP contribution in [0.15, 0.2) is 89.1 Å². The van der Waals surface area contributed by atoms with Crippen molar-refractivity contribution in [3.63, 3.8) is 0 Å². The molecule has 0 fully saturated rings. The molecule has 216 valence electrons. The average Bonchev–Trinajstić information content (AvgIpc) is 3.62. The van der Waals surface area contributed by atoms with Crippen LogP contribution in [0.2, 0.25) is 0 Å². The van der Waals surface area contributed by atoms with Crippen LogP contribution in [0.5, 0.6) is 11.5 Å². The number of para-hydroxylation sites is 1. The van der Waals surface area contributed by atoms with E-state index in [1.54, 1.807) is 43.0 Å². The van der Waals surface area contributed by atoms with Crippen molar-refractivity contribution in [2.24, 2.45) is 12.1 Å². The maximum absolute atomic E-state index is 13.6. The van der Waals surface area contributed by atoms with Gasteiger partial charge in [-0.2, -0.15) is 5.10 Å². The minimum atomic E-state index is -0.376. The smallest absolute Gasteiger partial charge is 0.258 e. The highest BCUT2D eigenvalue weighted by Gasteiger charge is 2.33. The molecule has 12 heteroatoms. The molecule has 0 saturated heterocycles. The fraction of sp³-hybridized carbons (Fsp3) is 0.233. The second-order valence-electron chi connectivity index (χ2n) is 9.41. The predicted molar refractivity (Wildman–Crippen MR) is 156 cm³/mol. The lowest BCUT2D eigenvalue weighted by molar-refractivity contribution is -0.130. The van der Waals surface area contributed by atoms with Crippen LogP contribution in [-0.4, -0.2) is 56.8 Å². The van der Waals surface area contributed by atoms with E-state index in [4.69, 9.17) is 9.47 Å². The first kappa shape index (κ1) is 28.8. The minimum absolute atomic E-state index is 0.0559. The number of hydrazone groups is 1. The van der Waals surface area contributed by atoms with Crippen LogP contribution in [0.4, 0.5) is 4.39 Å². The molecule has 5 rings (SSSR count). The molecule has 0 unspecified atom stereocenters. The van der Waals surface area contributed by atoms with Crippen LogP contribution in [0.3, 0.4) is 0 Å². The third kappa shape index (κ3) is 6.95. The van der Waals surface area contributed by atoms with Gasteiger partial charge in [-0.3, -0.25) is 9.59 Å². The standard InChI is InChI=1S/C30H29FN6O4S/c1-36-27(17-32-28(38)18-41-24-6-4-3-5-7-24)33-34-30(36)42-19-29(39)37-26(21-8-12-22(31)13-9-21)16-25(35-37)20-10-14-23(40-2)15-11-20/h3-15,26H,16-19H2,1-2H3,(H,32,38)/t26-/m0/s1. The Hall–Kier alpha value is -4.71. The number of nitrogens with one attached hydrogen (secondary N) is 1. The molecule has 42 heavy (non-hydrogen) atoms. The van der Waals surface area contributed by atoms with Crippen LogP contribution >= 0.6 is 11.8 Å². The lowest BCUT2D eigenvalue weighted by atomic mass is 9.98. The molecular weight excluding hydrogens is 559 g/mol. The summed E-state index contributed by atoms with van der Waals surface area (Å²) < 4.78 is 26.1. The summed E-state index contributed by atoms with van der Waals surface area (Å²) in [5.74, 6) is 1.05. The van der Waals surface area contributed by atoms with Gasteiger partial charge >= 0.3 is 0 Å². The zero-order chi connectivity index (χ0) is 29.5. The number of amides is 2. The highest BCUT2D eigenvalue weighted by molar-refractivity contribution is 7.99. The van der Waals surface area contributed by atoms with Crippen LogP contribution in [0.1, 0.15) is 29.4 Å². The normalized spacial score (nSPS) is 14.4. The van der Waals surface area contributed by atoms with Crippen LogP contribution in [-0.2, 0) is 23.2 Å². The van der Waals surface area contributed by atoms with Gasteiger partial charge in [0.1, 0.15) is 17.3 Å². The molecular formula is C30H29FN6O4S. The highest BCUT2D eigenvalue weighted by atomic mass is 32.2. The van der Waals surface area contributed by atoms with Crippen LogP contribution in [0.25, 0.3) is 0 Å². The van der Waals surface area contributed by atoms with Crippen molar-refractivity contribution >= 4 is 29.3 Å². The van der Waals surface area contributed by atoms with E-state index < -0.39 is 0 Å². The molecule has 1 aliphatic rings. The molecule has 2 amide bonds. The van der Waals surface area contributed by atoms with Crippen molar-refractivity contribution in [1.82, 2.24) is 25.1 Å². The largest absolute Gasteiger partial charge is 0.497 e. The molecule has 3 aromatic carbocycles. The summed E-state index contributed by atoms with van der Waals surface area (Å²) in [6.07, 6.45) is 0.482. The first-order valence-corrected chi connectivity index (χ1v) is 14.1. The topological polar surface area (TPSA) is 111 Å². The maximum Gasteiger partial charge on any atom is 0.258 e. The number of benzene rings is 3. The molecule has 4 aromatic rings. The molecule has 1 atom stereocenters. The molecule has 0 saturated carbocycles. The maximum atomic E-state index is 13.6. The summed E-state index contributed by atoms with van der Waals surface area (Å²) in [6.45, 7) is 0.0331. The molecule has 1 N–H and O–H groups in total. The van der Waals surface area contributed by atoms with Crippen molar-refractivity contribution in [2.45, 2.75) is 24.2 Å². The minimum Gasteiger partial charge on any atom is -0.497 e. The number of rotatable bonds is 11. The number of hydrogen-bond acceptors (Lipinski definition) is 8. The number of thioether (sulfide) groups is 1. The van der Waals surface area contributed by atoms with E-state index in [2.05, 4.69) is 20.6 Å². The van der Waals surface area contributed by atoms with E-state index in [9.17, 15) is 14.0 Å². The number of carbonyl (C=O) groups excluding carboxylic acids is 2. The molecule has 1 aliphatic heterocycles. The SMILES string of the molecule is COc1ccc(C2=NN(C(=O)CSc3nnc(CNC(=O)COc4ccccc4)n3C)[C@H](c3ccc(F)cc3)C2)cc1. The van der Waals surface area contributed by atoms with E-state index in [0.29, 0.717) is 23.2 Å². The van der Waals surface area contributed by atoms with E-state index in [0.717, 1.165) is 22.6 Å². The van der Waals surface area contributed by atoms with Crippen molar-refractivity contribution < 1.29 is 23.5 Å². The zero-order valence-electron chi connectivity index (χ0n) is 23.1. The Labute approximate surface area is 246 Å². The second-order valence-corrected chi connectivity index (χ2v) is 10.4. The number of halogens is 1. The monoisotopic (exact) mass is 588 g/mol. The third-order valence-electron chi connectivity index (χ3n) is 6.65. The summed E-state index contributed by atoms with van der Waals surface area (Å²) in [4.78, 5) is 25.7. The quantitative estimate of drug-likeness (QED) is 0.262. The van der Waals surface area contributed by atoms with Crippen molar-refractivity contribution in [3.8, 4) is 11.5 Å². The Kier molecular flexibility index (Phi) is 9.12. The van der Waals surface area contributed by atoms with E-state index in [1.165, 1.54) is 28.9 Å². The molecule has 0 spiro atoms. The Morgan fingerprint density at radius 1 is 1.00 bits per heavy atom. The van der Waals surface area contributed by atoms with Gasteiger partial charge in [-0.25, -0.2) is 9.40 Å². The predicted octanol–water partition coefficient (Wildman–Crippen LogP) is 4.13. The van der Waals surface area contributed by atoms with Crippen LogP contribution < -0.4 is 14.8 Å². The van der Waals surface area contributed by atoms with Crippen molar-refractivity contribution in [1.29, 1.82) is 0 Å². The summed E-state index contributed by atoms with van der Waals surface area (Å²) in [6, 6.07) is 22.3. The Balaban J connectivity index is 1.22. The first-order chi connectivity index (χ1) is 20.4. The van der Waals surface area contributed by atoms with E-state index in [1.807, 2.05) is 42.5 Å². The fourth-order valence-corrected chi connectivity index (χ4v) is 5.14. The lowest BCUT2D eigenvalue weighted by Gasteiger charge is -2.22. The summed E-state index contributed by atoms with van der Waals surface area (Å²) in [5, 5.41) is 17.8. The number of ether oxygens (including phenoxy) is 2. The summed E-state index contributed by atoms with van der Waals surface area (Å²) in [5.41, 5.74) is 2.41. The average molecular weight is 589 g/mol. The Morgan fingerprint density at radius 3 is 2.45 bits per heavy atom. The Morgan fingerprint density at radius 2 is 1.74 bits per heavy atom. The summed E-state index contributed by atoms with van der Waals surface area (Å²) in [7, 11) is 3.37. The number of carbonyl (C=O) groups is 2. The molecule has 1 aromatic heterocycles. The second kappa shape index (κ2) is 13.3. The van der Waals surface area contributed by atoms with Gasteiger partial charge in [0.2, 0.25) is 0 Å². The van der Waals surface area contributed by atoms with Gasteiger partial charge in [-0.1, -0.05) is 42.1 Å². The van der Waals surface area contributed by atoms with Gasteiger partial charge in [0.25, 0.3) is 11.8 Å². The van der Waals surface area contributed by atoms with Gasteiger partial charge in [0, 0.05) is 13.5 Å². The van der Waals surface area contributed by atoms with Crippen molar-refractivity contribution in [2.75, 3.05) is 19.5 Å². The van der Waals surface area contributed by atoms with E-state index in [-0.39, 0.29) is 42.6 Å². The number of methoxy groups -OCH3 is 1. The van der Waals surface area contributed by atoms with Gasteiger partial charge < -0.3 is 19.4 Å². The van der Waals surface area contributed by atoms with Crippen LogP contribution in [0, 0.1) is 5.82 Å². The molecule has 10 nitrogen and oxygen atoms in total. The molecule has 0 radical (unpaired) electrons. The van der Waals surface area contributed by atoms with Gasteiger partial charge in [-0.15, -0.1) is 10.2 Å². The van der Waals surface area contributed by atoms with Gasteiger partial charge in [-0.05, 0) is 59.7 Å². The molecule has 2 heterocycles. The van der Waals surface area contributed by atoms with Gasteiger partial charge in [0.05, 0.1) is 31.2 Å². The van der Waals surface area contributed by atoms with Gasteiger partial charge in [0.15, 0.2) is 17.6 Å². The first-order valence-electron chi connectivity index (χ1n) is 13.2. The Bertz CT molecular complexity index is 1560. The number of nitrogens with zero attached hydrogens (tertiary/aromatic N) is 5. The van der Waals surface area contributed by atoms with Crippen molar-refractivity contribution in [3.05, 3.63) is 102 Å². The third-order valence-corrected chi connectivity index (χ3v) is 7.66. The highest BCUT2D eigenvalue weighted by Crippen LogP contribution is 2.34. The molecule has 0 bridgehead atoms. The number of hydrogen-bond donors (Lipinski definition) is 1. The van der Waals surface area contributed by atoms with E-state index >= 15 is 0 Å². The fourth-order valence-electron chi connectivity index (χ4n) is 4.35. The number of aromatic nitrogens is 3. The zero-order valence-corrected chi connectivity index (χ0v) is 23.9.